The quantitative estimate of drug-likeness (QED) is 0.835. The van der Waals surface area contributed by atoms with Crippen molar-refractivity contribution in [1.82, 2.24) is 10.2 Å². The first kappa shape index (κ1) is 12.4. The van der Waals surface area contributed by atoms with Crippen LogP contribution in [0.15, 0.2) is 12.1 Å². The highest BCUT2D eigenvalue weighted by atomic mass is 16.2. The highest BCUT2D eigenvalue weighted by Crippen LogP contribution is 2.28. The maximum Gasteiger partial charge on any atom is 0.261 e. The predicted molar refractivity (Wildman–Crippen MR) is 72.3 cm³/mol. The van der Waals surface area contributed by atoms with Gasteiger partial charge in [-0.2, -0.15) is 0 Å². The van der Waals surface area contributed by atoms with Crippen LogP contribution in [0.1, 0.15) is 44.7 Å². The van der Waals surface area contributed by atoms with Crippen LogP contribution in [-0.2, 0) is 0 Å². The van der Waals surface area contributed by atoms with E-state index in [1.54, 1.807) is 0 Å². The second kappa shape index (κ2) is 4.46. The molecule has 100 valence electrons. The Hall–Kier alpha value is -1.68. The molecule has 0 saturated heterocycles. The zero-order chi connectivity index (χ0) is 13.6. The number of amides is 2. The second-order valence-corrected chi connectivity index (χ2v) is 5.44. The number of carbonyl (C=O) groups is 2. The van der Waals surface area contributed by atoms with Crippen molar-refractivity contribution >= 4 is 11.8 Å². The van der Waals surface area contributed by atoms with Gasteiger partial charge >= 0.3 is 0 Å². The van der Waals surface area contributed by atoms with E-state index in [1.165, 1.54) is 17.7 Å². The van der Waals surface area contributed by atoms with Crippen molar-refractivity contribution in [2.45, 2.75) is 32.7 Å². The number of nitrogens with zero attached hydrogens (tertiary/aromatic N) is 1. The summed E-state index contributed by atoms with van der Waals surface area (Å²) in [5, 5.41) is 3.33. The molecule has 0 spiro atoms. The van der Waals surface area contributed by atoms with E-state index in [-0.39, 0.29) is 11.8 Å². The Labute approximate surface area is 112 Å². The third kappa shape index (κ3) is 2.06. The zero-order valence-corrected chi connectivity index (χ0v) is 11.3. The Bertz CT molecular complexity index is 521. The van der Waals surface area contributed by atoms with Crippen molar-refractivity contribution in [1.29, 1.82) is 0 Å². The molecule has 0 unspecified atom stereocenters. The fraction of sp³-hybridized carbons (Fsp3) is 0.467. The molecule has 1 heterocycles. The Morgan fingerprint density at radius 1 is 1.11 bits per heavy atom. The molecule has 1 aromatic rings. The number of nitrogens with one attached hydrogen (secondary N) is 1. The highest BCUT2D eigenvalue weighted by molar-refractivity contribution is 6.22. The number of carbonyl (C=O) groups excluding carboxylic acids is 2. The summed E-state index contributed by atoms with van der Waals surface area (Å²) in [6.07, 6.45) is 2.42. The van der Waals surface area contributed by atoms with Crippen LogP contribution in [0.3, 0.4) is 0 Å². The molecule has 1 aliphatic carbocycles. The van der Waals surface area contributed by atoms with Gasteiger partial charge in [-0.25, -0.2) is 0 Å². The molecule has 1 aliphatic heterocycles. The topological polar surface area (TPSA) is 49.4 Å². The normalized spacial score (nSPS) is 18.1. The molecule has 0 aromatic heterocycles. The van der Waals surface area contributed by atoms with E-state index in [1.807, 2.05) is 26.0 Å². The SMILES string of the molecule is Cc1ccc(C)c2c1C(=O)N(CCNC1CC1)C2=O. The number of rotatable bonds is 4. The fourth-order valence-electron chi connectivity index (χ4n) is 2.60. The number of hydrogen-bond acceptors (Lipinski definition) is 3. The molecule has 3 rings (SSSR count). The minimum absolute atomic E-state index is 0.140. The lowest BCUT2D eigenvalue weighted by Crippen LogP contribution is -2.36. The third-order valence-corrected chi connectivity index (χ3v) is 3.89. The Kier molecular flexibility index (Phi) is 2.90. The van der Waals surface area contributed by atoms with Crippen LogP contribution in [0.2, 0.25) is 0 Å². The van der Waals surface area contributed by atoms with Crippen LogP contribution in [0.25, 0.3) is 0 Å². The number of fused-ring (bicyclic) bond motifs is 1. The maximum atomic E-state index is 12.3. The molecule has 0 radical (unpaired) electrons. The van der Waals surface area contributed by atoms with E-state index >= 15 is 0 Å². The van der Waals surface area contributed by atoms with Gasteiger partial charge in [0.05, 0.1) is 11.1 Å². The number of imide groups is 1. The average molecular weight is 258 g/mol. The van der Waals surface area contributed by atoms with Crippen LogP contribution in [0.4, 0.5) is 0 Å². The second-order valence-electron chi connectivity index (χ2n) is 5.44. The van der Waals surface area contributed by atoms with Crippen molar-refractivity contribution in [2.75, 3.05) is 13.1 Å². The van der Waals surface area contributed by atoms with E-state index in [0.29, 0.717) is 30.3 Å². The van der Waals surface area contributed by atoms with Gasteiger partial charge in [0, 0.05) is 19.1 Å². The minimum atomic E-state index is -0.140. The molecule has 1 aromatic carbocycles. The fourth-order valence-corrected chi connectivity index (χ4v) is 2.60. The summed E-state index contributed by atoms with van der Waals surface area (Å²) in [7, 11) is 0. The lowest BCUT2D eigenvalue weighted by atomic mass is 9.99. The van der Waals surface area contributed by atoms with Crippen molar-refractivity contribution in [3.05, 3.63) is 34.4 Å². The van der Waals surface area contributed by atoms with Crippen molar-refractivity contribution in [2.24, 2.45) is 0 Å². The lowest BCUT2D eigenvalue weighted by molar-refractivity contribution is 0.0655. The minimum Gasteiger partial charge on any atom is -0.312 e. The predicted octanol–water partition coefficient (Wildman–Crippen LogP) is 1.65. The van der Waals surface area contributed by atoms with Crippen LogP contribution in [0.5, 0.6) is 0 Å². The van der Waals surface area contributed by atoms with Gasteiger partial charge in [0.1, 0.15) is 0 Å². The Balaban J connectivity index is 1.82. The molecule has 19 heavy (non-hydrogen) atoms. The molecule has 0 bridgehead atoms. The van der Waals surface area contributed by atoms with Crippen molar-refractivity contribution in [3.8, 4) is 0 Å². The lowest BCUT2D eigenvalue weighted by Gasteiger charge is -2.14. The van der Waals surface area contributed by atoms with Gasteiger partial charge < -0.3 is 5.32 Å². The molecule has 1 saturated carbocycles. The van der Waals surface area contributed by atoms with Crippen LogP contribution in [-0.4, -0.2) is 35.8 Å². The summed E-state index contributed by atoms with van der Waals surface area (Å²) in [4.78, 5) is 26.1. The first-order valence-electron chi connectivity index (χ1n) is 6.79. The van der Waals surface area contributed by atoms with Crippen molar-refractivity contribution in [3.63, 3.8) is 0 Å². The molecular formula is C15H18N2O2. The largest absolute Gasteiger partial charge is 0.312 e. The monoisotopic (exact) mass is 258 g/mol. The number of aryl methyl sites for hydroxylation is 2. The summed E-state index contributed by atoms with van der Waals surface area (Å²) in [5.41, 5.74) is 2.96. The van der Waals surface area contributed by atoms with Gasteiger partial charge in [-0.3, -0.25) is 14.5 Å². The zero-order valence-electron chi connectivity index (χ0n) is 11.3. The smallest absolute Gasteiger partial charge is 0.261 e. The highest BCUT2D eigenvalue weighted by Gasteiger charge is 2.37. The molecule has 1 N–H and O–H groups in total. The first-order valence-corrected chi connectivity index (χ1v) is 6.79. The van der Waals surface area contributed by atoms with Crippen molar-refractivity contribution < 1.29 is 9.59 Å². The molecule has 2 aliphatic rings. The van der Waals surface area contributed by atoms with E-state index in [4.69, 9.17) is 0 Å². The van der Waals surface area contributed by atoms with E-state index in [0.717, 1.165) is 11.1 Å². The number of hydrogen-bond donors (Lipinski definition) is 1. The van der Waals surface area contributed by atoms with Gasteiger partial charge in [0.2, 0.25) is 0 Å². The van der Waals surface area contributed by atoms with Gasteiger partial charge in [0.25, 0.3) is 11.8 Å². The third-order valence-electron chi connectivity index (χ3n) is 3.89. The molecule has 4 heteroatoms. The Morgan fingerprint density at radius 3 is 2.11 bits per heavy atom. The molecule has 1 fully saturated rings. The summed E-state index contributed by atoms with van der Waals surface area (Å²) in [6.45, 7) is 4.92. The van der Waals surface area contributed by atoms with E-state index in [9.17, 15) is 9.59 Å². The summed E-state index contributed by atoms with van der Waals surface area (Å²) >= 11 is 0. The molecule has 4 nitrogen and oxygen atoms in total. The molecule has 0 atom stereocenters. The molecule has 2 amide bonds. The van der Waals surface area contributed by atoms with Gasteiger partial charge in [0.15, 0.2) is 0 Å². The van der Waals surface area contributed by atoms with Gasteiger partial charge in [-0.1, -0.05) is 12.1 Å². The Morgan fingerprint density at radius 2 is 1.63 bits per heavy atom. The molecular weight excluding hydrogens is 240 g/mol. The van der Waals surface area contributed by atoms with Crippen LogP contribution >= 0.6 is 0 Å². The standard InChI is InChI=1S/C15H18N2O2/c1-9-3-4-10(2)13-12(9)14(18)17(15(13)19)8-7-16-11-5-6-11/h3-4,11,16H,5-8H2,1-2H3. The average Bonchev–Trinajstić information content (AvgIpc) is 3.15. The van der Waals surface area contributed by atoms with Crippen LogP contribution in [0, 0.1) is 13.8 Å². The van der Waals surface area contributed by atoms with E-state index < -0.39 is 0 Å². The first-order chi connectivity index (χ1) is 9.09. The number of benzene rings is 1. The summed E-state index contributed by atoms with van der Waals surface area (Å²) in [6, 6.07) is 4.41. The van der Waals surface area contributed by atoms with Gasteiger partial charge in [-0.15, -0.1) is 0 Å². The van der Waals surface area contributed by atoms with Crippen LogP contribution < -0.4 is 5.32 Å². The summed E-state index contributed by atoms with van der Waals surface area (Å²) < 4.78 is 0. The van der Waals surface area contributed by atoms with E-state index in [2.05, 4.69) is 5.32 Å². The maximum absolute atomic E-state index is 12.3. The summed E-state index contributed by atoms with van der Waals surface area (Å²) in [5.74, 6) is -0.280. The van der Waals surface area contributed by atoms with Gasteiger partial charge in [-0.05, 0) is 37.8 Å².